The van der Waals surface area contributed by atoms with E-state index >= 15 is 0 Å². The molecule has 114 valence electrons. The van der Waals surface area contributed by atoms with Crippen LogP contribution in [0.2, 0.25) is 0 Å². The van der Waals surface area contributed by atoms with Crippen LogP contribution in [-0.4, -0.2) is 58.3 Å². The van der Waals surface area contributed by atoms with E-state index in [9.17, 15) is 9.59 Å². The molecule has 7 nitrogen and oxygen atoms in total. The maximum absolute atomic E-state index is 12.1. The van der Waals surface area contributed by atoms with Crippen molar-refractivity contribution >= 4 is 17.6 Å². The van der Waals surface area contributed by atoms with Gasteiger partial charge in [-0.2, -0.15) is 0 Å². The van der Waals surface area contributed by atoms with Crippen LogP contribution < -0.4 is 5.32 Å². The van der Waals surface area contributed by atoms with E-state index in [4.69, 9.17) is 0 Å². The summed E-state index contributed by atoms with van der Waals surface area (Å²) in [7, 11) is 1.78. The van der Waals surface area contributed by atoms with Crippen molar-refractivity contribution in [3.8, 4) is 0 Å². The maximum Gasteiger partial charge on any atom is 0.243 e. The van der Waals surface area contributed by atoms with Gasteiger partial charge < -0.3 is 15.1 Å². The summed E-state index contributed by atoms with van der Waals surface area (Å²) in [5.41, 5.74) is 0.827. The molecule has 2 rings (SSSR count). The second-order valence-corrected chi connectivity index (χ2v) is 5.13. The van der Waals surface area contributed by atoms with Gasteiger partial charge in [-0.3, -0.25) is 9.59 Å². The van der Waals surface area contributed by atoms with E-state index in [-0.39, 0.29) is 31.4 Å². The minimum Gasteiger partial charge on any atom is -0.373 e. The smallest absolute Gasteiger partial charge is 0.243 e. The van der Waals surface area contributed by atoms with E-state index in [2.05, 4.69) is 15.3 Å². The Morgan fingerprint density at radius 1 is 1.19 bits per heavy atom. The third kappa shape index (κ3) is 3.68. The molecule has 21 heavy (non-hydrogen) atoms. The molecule has 0 unspecified atom stereocenters. The number of nitrogens with zero attached hydrogens (tertiary/aromatic N) is 4. The highest BCUT2D eigenvalue weighted by molar-refractivity contribution is 5.92. The summed E-state index contributed by atoms with van der Waals surface area (Å²) in [5.74, 6) is 1.18. The molecule has 1 fully saturated rings. The molecular formula is C14H21N5O2. The molecule has 7 heteroatoms. The van der Waals surface area contributed by atoms with Crippen molar-refractivity contribution in [1.29, 1.82) is 0 Å². The number of anilines is 1. The van der Waals surface area contributed by atoms with Gasteiger partial charge in [-0.05, 0) is 13.3 Å². The Labute approximate surface area is 124 Å². The van der Waals surface area contributed by atoms with Crippen LogP contribution in [0.1, 0.15) is 24.9 Å². The van der Waals surface area contributed by atoms with Crippen LogP contribution in [0.15, 0.2) is 6.07 Å². The Hall–Kier alpha value is -2.18. The number of hydrogen-bond donors (Lipinski definition) is 1. The zero-order valence-electron chi connectivity index (χ0n) is 12.7. The van der Waals surface area contributed by atoms with Gasteiger partial charge in [-0.25, -0.2) is 9.97 Å². The first-order chi connectivity index (χ1) is 10.0. The molecular weight excluding hydrogens is 270 g/mol. The van der Waals surface area contributed by atoms with Crippen LogP contribution in [0.25, 0.3) is 0 Å². The van der Waals surface area contributed by atoms with Gasteiger partial charge in [-0.1, -0.05) is 6.92 Å². The van der Waals surface area contributed by atoms with E-state index < -0.39 is 0 Å². The maximum atomic E-state index is 12.1. The van der Waals surface area contributed by atoms with E-state index in [0.29, 0.717) is 18.2 Å². The normalized spacial score (nSPS) is 15.6. The third-order valence-corrected chi connectivity index (χ3v) is 3.34. The zero-order valence-corrected chi connectivity index (χ0v) is 12.7. The molecule has 1 aromatic rings. The standard InChI is InChI=1S/C14H21N5O2/c1-4-5-18-8-14(21)19(9-13(18)20)7-12-16-10(2)6-11(15-3)17-12/h6H,4-5,7-9H2,1-3H3,(H,15,16,17). The number of carbonyl (C=O) groups is 2. The van der Waals surface area contributed by atoms with E-state index in [0.717, 1.165) is 12.1 Å². The lowest BCUT2D eigenvalue weighted by Crippen LogP contribution is -2.53. The van der Waals surface area contributed by atoms with Crippen molar-refractivity contribution < 1.29 is 9.59 Å². The number of nitrogens with one attached hydrogen (secondary N) is 1. The molecule has 1 aliphatic heterocycles. The second kappa shape index (κ2) is 6.51. The third-order valence-electron chi connectivity index (χ3n) is 3.34. The minimum absolute atomic E-state index is 0.0158. The first kappa shape index (κ1) is 15.2. The predicted molar refractivity (Wildman–Crippen MR) is 78.6 cm³/mol. The number of aromatic nitrogens is 2. The van der Waals surface area contributed by atoms with Crippen molar-refractivity contribution in [2.75, 3.05) is 32.0 Å². The summed E-state index contributed by atoms with van der Waals surface area (Å²) >= 11 is 0. The van der Waals surface area contributed by atoms with Crippen molar-refractivity contribution in [3.05, 3.63) is 17.6 Å². The van der Waals surface area contributed by atoms with Crippen LogP contribution >= 0.6 is 0 Å². The molecule has 0 atom stereocenters. The topological polar surface area (TPSA) is 78.4 Å². The van der Waals surface area contributed by atoms with Crippen LogP contribution in [0, 0.1) is 6.92 Å². The highest BCUT2D eigenvalue weighted by atomic mass is 16.2. The molecule has 1 aliphatic rings. The molecule has 0 bridgehead atoms. The van der Waals surface area contributed by atoms with Gasteiger partial charge in [0, 0.05) is 25.4 Å². The van der Waals surface area contributed by atoms with Crippen molar-refractivity contribution in [3.63, 3.8) is 0 Å². The van der Waals surface area contributed by atoms with Crippen LogP contribution in [0.4, 0.5) is 5.82 Å². The monoisotopic (exact) mass is 291 g/mol. The van der Waals surface area contributed by atoms with Crippen molar-refractivity contribution in [2.24, 2.45) is 0 Å². The summed E-state index contributed by atoms with van der Waals surface area (Å²) in [6, 6.07) is 1.83. The fourth-order valence-corrected chi connectivity index (χ4v) is 2.32. The lowest BCUT2D eigenvalue weighted by atomic mass is 10.2. The number of piperazine rings is 1. The lowest BCUT2D eigenvalue weighted by molar-refractivity contribution is -0.150. The van der Waals surface area contributed by atoms with Crippen LogP contribution in [-0.2, 0) is 16.1 Å². The highest BCUT2D eigenvalue weighted by Crippen LogP contribution is 2.11. The van der Waals surface area contributed by atoms with Gasteiger partial charge in [0.15, 0.2) is 0 Å². The Balaban J connectivity index is 2.08. The minimum atomic E-state index is -0.0563. The predicted octanol–water partition coefficient (Wildman–Crippen LogP) is 0.408. The molecule has 0 saturated carbocycles. The van der Waals surface area contributed by atoms with Gasteiger partial charge in [-0.15, -0.1) is 0 Å². The number of carbonyl (C=O) groups excluding carboxylic acids is 2. The summed E-state index contributed by atoms with van der Waals surface area (Å²) in [4.78, 5) is 35.9. The molecule has 0 aromatic carbocycles. The van der Waals surface area contributed by atoms with E-state index in [1.165, 1.54) is 4.90 Å². The van der Waals surface area contributed by atoms with Crippen LogP contribution in [0.5, 0.6) is 0 Å². The van der Waals surface area contributed by atoms with Gasteiger partial charge in [0.2, 0.25) is 11.8 Å². The number of aryl methyl sites for hydroxylation is 1. The molecule has 0 spiro atoms. The van der Waals surface area contributed by atoms with Crippen molar-refractivity contribution in [2.45, 2.75) is 26.8 Å². The molecule has 1 saturated heterocycles. The SMILES string of the molecule is CCCN1CC(=O)N(Cc2nc(C)cc(NC)n2)CC1=O. The number of amides is 2. The molecule has 2 amide bonds. The lowest BCUT2D eigenvalue weighted by Gasteiger charge is -2.33. The zero-order chi connectivity index (χ0) is 15.4. The Morgan fingerprint density at radius 3 is 2.52 bits per heavy atom. The Bertz CT molecular complexity index is 546. The van der Waals surface area contributed by atoms with Gasteiger partial charge in [0.25, 0.3) is 0 Å². The van der Waals surface area contributed by atoms with E-state index in [1.807, 2.05) is 19.9 Å². The summed E-state index contributed by atoms with van der Waals surface area (Å²) < 4.78 is 0. The quantitative estimate of drug-likeness (QED) is 0.850. The molecule has 2 heterocycles. The summed E-state index contributed by atoms with van der Waals surface area (Å²) in [6.45, 7) is 5.01. The summed E-state index contributed by atoms with van der Waals surface area (Å²) in [6.07, 6.45) is 0.853. The summed E-state index contributed by atoms with van der Waals surface area (Å²) in [5, 5.41) is 2.96. The molecule has 0 aliphatic carbocycles. The van der Waals surface area contributed by atoms with E-state index in [1.54, 1.807) is 11.9 Å². The fraction of sp³-hybridized carbons (Fsp3) is 0.571. The molecule has 0 radical (unpaired) electrons. The number of hydrogen-bond acceptors (Lipinski definition) is 5. The van der Waals surface area contributed by atoms with Crippen molar-refractivity contribution in [1.82, 2.24) is 19.8 Å². The Morgan fingerprint density at radius 2 is 1.86 bits per heavy atom. The highest BCUT2D eigenvalue weighted by Gasteiger charge is 2.29. The van der Waals surface area contributed by atoms with Gasteiger partial charge >= 0.3 is 0 Å². The van der Waals surface area contributed by atoms with Crippen LogP contribution in [0.3, 0.4) is 0 Å². The Kier molecular flexibility index (Phi) is 4.72. The van der Waals surface area contributed by atoms with Gasteiger partial charge in [0.05, 0.1) is 13.1 Å². The molecule has 1 N–H and O–H groups in total. The first-order valence-electron chi connectivity index (χ1n) is 7.11. The van der Waals surface area contributed by atoms with Gasteiger partial charge in [0.1, 0.15) is 18.2 Å². The average molecular weight is 291 g/mol. The second-order valence-electron chi connectivity index (χ2n) is 5.13. The average Bonchev–Trinajstić information content (AvgIpc) is 2.44. The first-order valence-corrected chi connectivity index (χ1v) is 7.11. The molecule has 1 aromatic heterocycles. The fourth-order valence-electron chi connectivity index (χ4n) is 2.32. The number of rotatable bonds is 5. The largest absolute Gasteiger partial charge is 0.373 e.